The third-order valence-electron chi connectivity index (χ3n) is 3.52. The molecule has 2 aromatic rings. The Morgan fingerprint density at radius 3 is 2.40 bits per heavy atom. The number of nitrogens with one attached hydrogen (secondary N) is 2. The average molecular weight is 367 g/mol. The molecule has 0 amide bonds. The predicted molar refractivity (Wildman–Crippen MR) is 91.1 cm³/mol. The lowest BCUT2D eigenvalue weighted by molar-refractivity contribution is -0.384. The van der Waals surface area contributed by atoms with Crippen molar-refractivity contribution >= 4 is 15.7 Å². The lowest BCUT2D eigenvalue weighted by atomic mass is 10.1. The molecule has 0 saturated carbocycles. The standard InChI is InChI=1S/C16H18FN3O4S/c1-12-2-3-13(10-16(12)17)11-18-8-9-19-25(23,24)15-6-4-14(5-7-15)20(21)22/h2-7,10,18-19H,8-9,11H2,1H3. The first kappa shape index (κ1) is 19.0. The van der Waals surface area contributed by atoms with Crippen molar-refractivity contribution in [3.8, 4) is 0 Å². The summed E-state index contributed by atoms with van der Waals surface area (Å²) in [6, 6.07) is 9.56. The van der Waals surface area contributed by atoms with E-state index in [9.17, 15) is 22.9 Å². The molecule has 25 heavy (non-hydrogen) atoms. The smallest absolute Gasteiger partial charge is 0.269 e. The van der Waals surface area contributed by atoms with Crippen molar-refractivity contribution in [1.29, 1.82) is 0 Å². The van der Waals surface area contributed by atoms with E-state index in [-0.39, 0.29) is 22.9 Å². The van der Waals surface area contributed by atoms with Gasteiger partial charge in [-0.3, -0.25) is 10.1 Å². The lowest BCUT2D eigenvalue weighted by Gasteiger charge is -2.08. The lowest BCUT2D eigenvalue weighted by Crippen LogP contribution is -2.31. The van der Waals surface area contributed by atoms with Crippen molar-refractivity contribution in [3.05, 3.63) is 69.5 Å². The van der Waals surface area contributed by atoms with E-state index in [0.29, 0.717) is 18.7 Å². The number of halogens is 1. The Morgan fingerprint density at radius 1 is 1.12 bits per heavy atom. The largest absolute Gasteiger partial charge is 0.311 e. The SMILES string of the molecule is Cc1ccc(CNCCNS(=O)(=O)c2ccc([N+](=O)[O-])cc2)cc1F. The number of nitrogens with zero attached hydrogens (tertiary/aromatic N) is 1. The van der Waals surface area contributed by atoms with Crippen molar-refractivity contribution in [2.75, 3.05) is 13.1 Å². The van der Waals surface area contributed by atoms with E-state index in [2.05, 4.69) is 10.0 Å². The van der Waals surface area contributed by atoms with Gasteiger partial charge in [0.25, 0.3) is 5.69 Å². The Balaban J connectivity index is 1.81. The van der Waals surface area contributed by atoms with Gasteiger partial charge in [-0.15, -0.1) is 0 Å². The summed E-state index contributed by atoms with van der Waals surface area (Å²) in [5.74, 6) is -0.279. The molecule has 2 N–H and O–H groups in total. The van der Waals surface area contributed by atoms with E-state index >= 15 is 0 Å². The van der Waals surface area contributed by atoms with E-state index in [1.165, 1.54) is 18.2 Å². The van der Waals surface area contributed by atoms with Crippen molar-refractivity contribution in [2.45, 2.75) is 18.4 Å². The monoisotopic (exact) mass is 367 g/mol. The molecule has 2 aromatic carbocycles. The number of sulfonamides is 1. The highest BCUT2D eigenvalue weighted by atomic mass is 32.2. The van der Waals surface area contributed by atoms with Gasteiger partial charge in [0, 0.05) is 31.8 Å². The summed E-state index contributed by atoms with van der Waals surface area (Å²) in [6.07, 6.45) is 0. The third-order valence-corrected chi connectivity index (χ3v) is 4.99. The topological polar surface area (TPSA) is 101 Å². The van der Waals surface area contributed by atoms with Gasteiger partial charge in [-0.25, -0.2) is 17.5 Å². The van der Waals surface area contributed by atoms with Crippen molar-refractivity contribution in [2.24, 2.45) is 0 Å². The minimum atomic E-state index is -3.73. The van der Waals surface area contributed by atoms with Gasteiger partial charge in [-0.2, -0.15) is 0 Å². The number of benzene rings is 2. The molecule has 134 valence electrons. The maximum Gasteiger partial charge on any atom is 0.269 e. The number of rotatable bonds is 8. The van der Waals surface area contributed by atoms with E-state index in [0.717, 1.165) is 17.7 Å². The number of hydrogen-bond acceptors (Lipinski definition) is 5. The Kier molecular flexibility index (Phi) is 6.18. The molecule has 0 aliphatic carbocycles. The van der Waals surface area contributed by atoms with Gasteiger partial charge in [-0.1, -0.05) is 12.1 Å². The van der Waals surface area contributed by atoms with Crippen LogP contribution in [0.5, 0.6) is 0 Å². The second kappa shape index (κ2) is 8.15. The fourth-order valence-corrected chi connectivity index (χ4v) is 3.12. The van der Waals surface area contributed by atoms with Crippen LogP contribution in [0.25, 0.3) is 0 Å². The first-order valence-electron chi connectivity index (χ1n) is 7.49. The molecule has 7 nitrogen and oxygen atoms in total. The molecule has 0 aliphatic heterocycles. The number of nitro benzene ring substituents is 1. The van der Waals surface area contributed by atoms with Crippen molar-refractivity contribution in [3.63, 3.8) is 0 Å². The van der Waals surface area contributed by atoms with Gasteiger partial charge >= 0.3 is 0 Å². The third kappa shape index (κ3) is 5.31. The van der Waals surface area contributed by atoms with Crippen LogP contribution in [0.15, 0.2) is 47.4 Å². The predicted octanol–water partition coefficient (Wildman–Crippen LogP) is 2.11. The number of non-ortho nitro benzene ring substituents is 1. The van der Waals surface area contributed by atoms with Crippen LogP contribution in [0, 0.1) is 22.9 Å². The van der Waals surface area contributed by atoms with Gasteiger partial charge in [0.1, 0.15) is 5.82 Å². The van der Waals surface area contributed by atoms with Crippen LogP contribution in [-0.4, -0.2) is 26.4 Å². The number of aryl methyl sites for hydroxylation is 1. The molecule has 2 rings (SSSR count). The van der Waals surface area contributed by atoms with E-state index in [1.807, 2.05) is 0 Å². The first-order chi connectivity index (χ1) is 11.8. The van der Waals surface area contributed by atoms with Gasteiger partial charge in [-0.05, 0) is 36.2 Å². The number of hydrogen-bond donors (Lipinski definition) is 2. The molecular weight excluding hydrogens is 349 g/mol. The zero-order valence-corrected chi connectivity index (χ0v) is 14.3. The molecule has 0 unspecified atom stereocenters. The molecule has 0 aromatic heterocycles. The zero-order valence-electron chi connectivity index (χ0n) is 13.5. The van der Waals surface area contributed by atoms with E-state index in [4.69, 9.17) is 0 Å². The Labute approximate surface area is 145 Å². The second-order valence-electron chi connectivity index (χ2n) is 5.41. The fourth-order valence-electron chi connectivity index (χ4n) is 2.08. The average Bonchev–Trinajstić information content (AvgIpc) is 2.57. The minimum Gasteiger partial charge on any atom is -0.311 e. The van der Waals surface area contributed by atoms with Gasteiger partial charge in [0.2, 0.25) is 10.0 Å². The highest BCUT2D eigenvalue weighted by molar-refractivity contribution is 7.89. The van der Waals surface area contributed by atoms with E-state index < -0.39 is 14.9 Å². The Bertz CT molecular complexity index is 854. The Morgan fingerprint density at radius 2 is 1.80 bits per heavy atom. The van der Waals surface area contributed by atoms with Crippen LogP contribution in [-0.2, 0) is 16.6 Å². The zero-order chi connectivity index (χ0) is 18.4. The van der Waals surface area contributed by atoms with Crippen LogP contribution in [0.3, 0.4) is 0 Å². The second-order valence-corrected chi connectivity index (χ2v) is 7.18. The minimum absolute atomic E-state index is 0.0429. The highest BCUT2D eigenvalue weighted by Crippen LogP contribution is 2.15. The summed E-state index contributed by atoms with van der Waals surface area (Å²) in [6.45, 7) is 2.57. The summed E-state index contributed by atoms with van der Waals surface area (Å²) in [4.78, 5) is 9.93. The molecule has 0 radical (unpaired) electrons. The van der Waals surface area contributed by atoms with Crippen molar-refractivity contribution in [1.82, 2.24) is 10.0 Å². The van der Waals surface area contributed by atoms with Gasteiger partial charge in [0.15, 0.2) is 0 Å². The highest BCUT2D eigenvalue weighted by Gasteiger charge is 2.15. The van der Waals surface area contributed by atoms with Crippen LogP contribution in [0.1, 0.15) is 11.1 Å². The molecule has 0 spiro atoms. The van der Waals surface area contributed by atoms with Gasteiger partial charge in [0.05, 0.1) is 9.82 Å². The number of nitro groups is 1. The molecule has 0 atom stereocenters. The molecule has 0 fully saturated rings. The normalized spacial score (nSPS) is 11.4. The summed E-state index contributed by atoms with van der Waals surface area (Å²) in [5.41, 5.74) is 1.16. The maximum atomic E-state index is 13.4. The van der Waals surface area contributed by atoms with Crippen LogP contribution < -0.4 is 10.0 Å². The molecular formula is C16H18FN3O4S. The van der Waals surface area contributed by atoms with Crippen LogP contribution in [0.2, 0.25) is 0 Å². The summed E-state index contributed by atoms with van der Waals surface area (Å²) >= 11 is 0. The summed E-state index contributed by atoms with van der Waals surface area (Å²) in [5, 5.41) is 13.6. The Hall–Kier alpha value is -2.36. The van der Waals surface area contributed by atoms with Crippen LogP contribution >= 0.6 is 0 Å². The molecule has 0 heterocycles. The summed E-state index contributed by atoms with van der Waals surface area (Å²) in [7, 11) is -3.73. The maximum absolute atomic E-state index is 13.4. The first-order valence-corrected chi connectivity index (χ1v) is 8.98. The van der Waals surface area contributed by atoms with E-state index in [1.54, 1.807) is 19.1 Å². The van der Waals surface area contributed by atoms with Crippen LogP contribution in [0.4, 0.5) is 10.1 Å². The van der Waals surface area contributed by atoms with Crippen molar-refractivity contribution < 1.29 is 17.7 Å². The molecule has 9 heteroatoms. The molecule has 0 aliphatic rings. The molecule has 0 bridgehead atoms. The quantitative estimate of drug-likeness (QED) is 0.423. The summed E-state index contributed by atoms with van der Waals surface area (Å²) < 4.78 is 40.0. The molecule has 0 saturated heterocycles. The fraction of sp³-hybridized carbons (Fsp3) is 0.250. The van der Waals surface area contributed by atoms with Gasteiger partial charge < -0.3 is 5.32 Å².